The fourth-order valence-electron chi connectivity index (χ4n) is 1.95. The van der Waals surface area contributed by atoms with Crippen molar-refractivity contribution < 1.29 is 17.6 Å². The first kappa shape index (κ1) is 14.9. The van der Waals surface area contributed by atoms with Gasteiger partial charge in [0.2, 0.25) is 11.8 Å². The van der Waals surface area contributed by atoms with E-state index in [1.54, 1.807) is 18.3 Å². The molecule has 0 bridgehead atoms. The molecule has 0 fully saturated rings. The summed E-state index contributed by atoms with van der Waals surface area (Å²) >= 11 is 0. The number of hydrogen-bond donors (Lipinski definition) is 0. The quantitative estimate of drug-likeness (QED) is 0.740. The molecule has 118 valence electrons. The van der Waals surface area contributed by atoms with Gasteiger partial charge in [-0.05, 0) is 24.3 Å². The standard InChI is InChI=1S/C14H9F3N4O2/c15-14(16,17)10-4-2-6-21(13(10)22)8-11-19-20-12(23-11)9-3-1-5-18-7-9/h1-7H,8H2. The number of alkyl halides is 3. The van der Waals surface area contributed by atoms with E-state index in [-0.39, 0.29) is 18.3 Å². The molecule has 0 saturated carbocycles. The number of halogens is 3. The van der Waals surface area contributed by atoms with Crippen molar-refractivity contribution in [3.8, 4) is 11.5 Å². The van der Waals surface area contributed by atoms with Crippen molar-refractivity contribution in [1.82, 2.24) is 19.7 Å². The number of hydrogen-bond acceptors (Lipinski definition) is 5. The van der Waals surface area contributed by atoms with Crippen LogP contribution in [0.25, 0.3) is 11.5 Å². The molecule has 9 heteroatoms. The molecular weight excluding hydrogens is 313 g/mol. The Morgan fingerprint density at radius 1 is 1.17 bits per heavy atom. The van der Waals surface area contributed by atoms with Crippen LogP contribution in [0.2, 0.25) is 0 Å². The molecule has 0 aromatic carbocycles. The van der Waals surface area contributed by atoms with E-state index in [1.807, 2.05) is 0 Å². The number of pyridine rings is 2. The summed E-state index contributed by atoms with van der Waals surface area (Å²) in [5, 5.41) is 7.52. The smallest absolute Gasteiger partial charge is 0.419 e. The van der Waals surface area contributed by atoms with Crippen molar-refractivity contribution in [2.24, 2.45) is 0 Å². The van der Waals surface area contributed by atoms with Gasteiger partial charge < -0.3 is 8.98 Å². The SMILES string of the molecule is O=c1c(C(F)(F)F)cccn1Cc1nnc(-c2cccnc2)o1. The van der Waals surface area contributed by atoms with Gasteiger partial charge in [0, 0.05) is 18.6 Å². The highest BCUT2D eigenvalue weighted by molar-refractivity contribution is 5.49. The highest BCUT2D eigenvalue weighted by Gasteiger charge is 2.34. The minimum atomic E-state index is -4.71. The lowest BCUT2D eigenvalue weighted by molar-refractivity contribution is -0.138. The second-order valence-electron chi connectivity index (χ2n) is 4.60. The van der Waals surface area contributed by atoms with Crippen LogP contribution in [0.3, 0.4) is 0 Å². The zero-order valence-corrected chi connectivity index (χ0v) is 11.5. The maximum absolute atomic E-state index is 12.7. The van der Waals surface area contributed by atoms with E-state index in [0.29, 0.717) is 5.56 Å². The number of aromatic nitrogens is 4. The molecule has 3 rings (SSSR count). The predicted molar refractivity (Wildman–Crippen MR) is 72.3 cm³/mol. The average Bonchev–Trinajstić information content (AvgIpc) is 2.98. The molecule has 3 heterocycles. The van der Waals surface area contributed by atoms with Gasteiger partial charge >= 0.3 is 6.18 Å². The summed E-state index contributed by atoms with van der Waals surface area (Å²) in [5.41, 5.74) is -1.84. The zero-order chi connectivity index (χ0) is 16.4. The molecule has 3 aromatic heterocycles. The maximum atomic E-state index is 12.7. The summed E-state index contributed by atoms with van der Waals surface area (Å²) in [4.78, 5) is 15.7. The summed E-state index contributed by atoms with van der Waals surface area (Å²) in [5.74, 6) is 0.193. The Hall–Kier alpha value is -2.97. The Labute approximate surface area is 127 Å². The van der Waals surface area contributed by atoms with Gasteiger partial charge in [0.25, 0.3) is 5.56 Å². The Morgan fingerprint density at radius 2 is 2.00 bits per heavy atom. The van der Waals surface area contributed by atoms with E-state index in [4.69, 9.17) is 4.42 Å². The van der Waals surface area contributed by atoms with Crippen LogP contribution in [0, 0.1) is 0 Å². The minimum absolute atomic E-state index is 0.0188. The third-order valence-corrected chi connectivity index (χ3v) is 3.01. The zero-order valence-electron chi connectivity index (χ0n) is 11.5. The van der Waals surface area contributed by atoms with Crippen molar-refractivity contribution >= 4 is 0 Å². The molecule has 0 aliphatic carbocycles. The fourth-order valence-corrected chi connectivity index (χ4v) is 1.95. The van der Waals surface area contributed by atoms with Crippen LogP contribution in [0.5, 0.6) is 0 Å². The second-order valence-corrected chi connectivity index (χ2v) is 4.60. The predicted octanol–water partition coefficient (Wildman–Crippen LogP) is 2.36. The van der Waals surface area contributed by atoms with Gasteiger partial charge in [0.1, 0.15) is 12.1 Å². The normalized spacial score (nSPS) is 11.6. The summed E-state index contributed by atoms with van der Waals surface area (Å²) < 4.78 is 44.4. The lowest BCUT2D eigenvalue weighted by atomic mass is 10.2. The maximum Gasteiger partial charge on any atom is 0.421 e. The highest BCUT2D eigenvalue weighted by atomic mass is 19.4. The van der Waals surface area contributed by atoms with Crippen molar-refractivity contribution in [3.05, 3.63) is 64.7 Å². The van der Waals surface area contributed by atoms with E-state index < -0.39 is 17.3 Å². The largest absolute Gasteiger partial charge is 0.421 e. The van der Waals surface area contributed by atoms with Gasteiger partial charge in [-0.15, -0.1) is 10.2 Å². The molecule has 0 aliphatic heterocycles. The molecule has 0 spiro atoms. The van der Waals surface area contributed by atoms with Crippen molar-refractivity contribution in [3.63, 3.8) is 0 Å². The number of nitrogens with zero attached hydrogens (tertiary/aromatic N) is 4. The van der Waals surface area contributed by atoms with Crippen LogP contribution >= 0.6 is 0 Å². The Bertz CT molecular complexity index is 871. The van der Waals surface area contributed by atoms with Gasteiger partial charge in [-0.1, -0.05) is 0 Å². The minimum Gasteiger partial charge on any atom is -0.419 e. The van der Waals surface area contributed by atoms with Crippen LogP contribution in [0.4, 0.5) is 13.2 Å². The number of rotatable bonds is 3. The van der Waals surface area contributed by atoms with Crippen molar-refractivity contribution in [1.29, 1.82) is 0 Å². The molecule has 0 N–H and O–H groups in total. The molecular formula is C14H9F3N4O2. The van der Waals surface area contributed by atoms with Gasteiger partial charge in [-0.25, -0.2) is 0 Å². The van der Waals surface area contributed by atoms with Crippen LogP contribution < -0.4 is 5.56 Å². The van der Waals surface area contributed by atoms with E-state index in [9.17, 15) is 18.0 Å². The first-order valence-electron chi connectivity index (χ1n) is 6.44. The molecule has 3 aromatic rings. The van der Waals surface area contributed by atoms with E-state index >= 15 is 0 Å². The Balaban J connectivity index is 1.89. The Morgan fingerprint density at radius 3 is 2.70 bits per heavy atom. The first-order chi connectivity index (χ1) is 10.9. The van der Waals surface area contributed by atoms with Crippen LogP contribution in [0.1, 0.15) is 11.5 Å². The molecule has 0 amide bonds. The summed E-state index contributed by atoms with van der Waals surface area (Å²) in [7, 11) is 0. The molecule has 0 saturated heterocycles. The monoisotopic (exact) mass is 322 g/mol. The summed E-state index contributed by atoms with van der Waals surface area (Å²) in [6.45, 7) is -0.254. The third kappa shape index (κ3) is 3.12. The molecule has 0 atom stereocenters. The fraction of sp³-hybridized carbons (Fsp3) is 0.143. The lowest BCUT2D eigenvalue weighted by Crippen LogP contribution is -2.28. The van der Waals surface area contributed by atoms with Crippen LogP contribution in [-0.4, -0.2) is 19.7 Å². The van der Waals surface area contributed by atoms with Crippen molar-refractivity contribution in [2.75, 3.05) is 0 Å². The van der Waals surface area contributed by atoms with Gasteiger partial charge in [0.05, 0.1) is 5.56 Å². The first-order valence-corrected chi connectivity index (χ1v) is 6.44. The highest BCUT2D eigenvalue weighted by Crippen LogP contribution is 2.26. The van der Waals surface area contributed by atoms with Crippen molar-refractivity contribution in [2.45, 2.75) is 12.7 Å². The molecule has 0 aliphatic rings. The van der Waals surface area contributed by atoms with Crippen LogP contribution in [0.15, 0.2) is 52.1 Å². The van der Waals surface area contributed by atoms with Gasteiger partial charge in [-0.2, -0.15) is 13.2 Å². The van der Waals surface area contributed by atoms with Crippen LogP contribution in [-0.2, 0) is 12.7 Å². The topological polar surface area (TPSA) is 73.8 Å². The Kier molecular flexibility index (Phi) is 3.68. The van der Waals surface area contributed by atoms with E-state index in [0.717, 1.165) is 16.7 Å². The molecule has 0 radical (unpaired) electrons. The summed E-state index contributed by atoms with van der Waals surface area (Å²) in [6.07, 6.45) is -0.405. The molecule has 0 unspecified atom stereocenters. The van der Waals surface area contributed by atoms with Gasteiger partial charge in [0.15, 0.2) is 0 Å². The molecule has 23 heavy (non-hydrogen) atoms. The third-order valence-electron chi connectivity index (χ3n) is 3.01. The average molecular weight is 322 g/mol. The molecule has 6 nitrogen and oxygen atoms in total. The second kappa shape index (κ2) is 5.67. The van der Waals surface area contributed by atoms with E-state index in [2.05, 4.69) is 15.2 Å². The lowest BCUT2D eigenvalue weighted by Gasteiger charge is -2.08. The van der Waals surface area contributed by atoms with Gasteiger partial charge in [-0.3, -0.25) is 9.78 Å². The van der Waals surface area contributed by atoms with E-state index in [1.165, 1.54) is 12.4 Å². The summed E-state index contributed by atoms with van der Waals surface area (Å²) in [6, 6.07) is 5.24.